The molecule has 1 saturated heterocycles. The van der Waals surface area contributed by atoms with Gasteiger partial charge in [-0.25, -0.2) is 13.4 Å². The number of benzene rings is 1. The second-order valence-electron chi connectivity index (χ2n) is 5.79. The van der Waals surface area contributed by atoms with Gasteiger partial charge in [0.1, 0.15) is 0 Å². The molecule has 1 aliphatic rings. The molecule has 124 valence electrons. The number of fused-ring (bicyclic) bond motifs is 1. The number of pyridine rings is 1. The largest absolute Gasteiger partial charge is 0.369 e. The van der Waals surface area contributed by atoms with E-state index in [0.29, 0.717) is 5.39 Å². The number of nitrogens with one attached hydrogen (secondary N) is 2. The van der Waals surface area contributed by atoms with Gasteiger partial charge in [-0.2, -0.15) is 0 Å². The van der Waals surface area contributed by atoms with Crippen molar-refractivity contribution in [3.8, 4) is 0 Å². The normalized spacial score (nSPS) is 15.8. The second-order valence-corrected chi connectivity index (χ2v) is 7.66. The number of rotatable bonds is 3. The van der Waals surface area contributed by atoms with Crippen molar-refractivity contribution in [1.29, 1.82) is 0 Å². The van der Waals surface area contributed by atoms with E-state index in [2.05, 4.69) is 20.2 Å². The predicted molar refractivity (Wildman–Crippen MR) is 93.1 cm³/mol. The van der Waals surface area contributed by atoms with Crippen molar-refractivity contribution in [3.63, 3.8) is 0 Å². The first-order chi connectivity index (χ1) is 11.7. The van der Waals surface area contributed by atoms with Crippen molar-refractivity contribution in [2.75, 3.05) is 31.1 Å². The third-order valence-corrected chi connectivity index (χ3v) is 6.02. The summed E-state index contributed by atoms with van der Waals surface area (Å²) in [5, 5.41) is 4.09. The minimum absolute atomic E-state index is 0.0667. The third-order valence-electron chi connectivity index (χ3n) is 4.31. The minimum Gasteiger partial charge on any atom is -0.369 e. The van der Waals surface area contributed by atoms with Crippen LogP contribution in [0.15, 0.2) is 58.7 Å². The van der Waals surface area contributed by atoms with Gasteiger partial charge in [0, 0.05) is 55.2 Å². The highest BCUT2D eigenvalue weighted by atomic mass is 32.2. The van der Waals surface area contributed by atoms with E-state index in [-0.39, 0.29) is 9.92 Å². The van der Waals surface area contributed by atoms with Gasteiger partial charge in [0.05, 0.1) is 4.90 Å². The number of aromatic nitrogens is 2. The summed E-state index contributed by atoms with van der Waals surface area (Å²) in [6.07, 6.45) is 3.04. The Bertz CT molecular complexity index is 961. The summed E-state index contributed by atoms with van der Waals surface area (Å²) in [6, 6.07) is 10.8. The molecule has 4 rings (SSSR count). The van der Waals surface area contributed by atoms with E-state index < -0.39 is 9.84 Å². The zero-order chi connectivity index (χ0) is 16.6. The molecule has 24 heavy (non-hydrogen) atoms. The van der Waals surface area contributed by atoms with Crippen LogP contribution in [-0.2, 0) is 9.84 Å². The van der Waals surface area contributed by atoms with Gasteiger partial charge in [0.2, 0.25) is 9.84 Å². The van der Waals surface area contributed by atoms with Gasteiger partial charge >= 0.3 is 0 Å². The molecule has 2 N–H and O–H groups in total. The van der Waals surface area contributed by atoms with Crippen molar-refractivity contribution in [2.45, 2.75) is 9.92 Å². The van der Waals surface area contributed by atoms with Gasteiger partial charge in [-0.05, 0) is 30.3 Å². The van der Waals surface area contributed by atoms with Crippen LogP contribution in [0.1, 0.15) is 0 Å². The van der Waals surface area contributed by atoms with Crippen LogP contribution in [0.5, 0.6) is 0 Å². The topological polar surface area (TPSA) is 78.1 Å². The first-order valence-corrected chi connectivity index (χ1v) is 9.37. The number of anilines is 1. The van der Waals surface area contributed by atoms with Crippen molar-refractivity contribution >= 4 is 26.4 Å². The molecule has 0 atom stereocenters. The highest BCUT2D eigenvalue weighted by Gasteiger charge is 2.23. The molecule has 0 amide bonds. The molecule has 0 aliphatic carbocycles. The molecule has 1 fully saturated rings. The van der Waals surface area contributed by atoms with Crippen LogP contribution in [0.3, 0.4) is 0 Å². The van der Waals surface area contributed by atoms with Crippen LogP contribution in [-0.4, -0.2) is 44.6 Å². The van der Waals surface area contributed by atoms with Crippen molar-refractivity contribution in [2.24, 2.45) is 0 Å². The lowest BCUT2D eigenvalue weighted by Crippen LogP contribution is -2.43. The molecule has 0 bridgehead atoms. The molecule has 0 saturated carbocycles. The molecule has 0 radical (unpaired) electrons. The standard InChI is InChI=1S/C17H18N4O2S/c22-24(23,17-3-1-2-6-19-17)16-12-20-15-11-13(4-5-14(15)16)21-9-7-18-8-10-21/h1-6,11-12,18,20H,7-10H2. The van der Waals surface area contributed by atoms with Crippen molar-refractivity contribution < 1.29 is 8.42 Å². The quantitative estimate of drug-likeness (QED) is 0.759. The van der Waals surface area contributed by atoms with E-state index in [0.717, 1.165) is 37.4 Å². The van der Waals surface area contributed by atoms with Gasteiger partial charge in [0.25, 0.3) is 0 Å². The van der Waals surface area contributed by atoms with E-state index in [1.54, 1.807) is 18.3 Å². The third kappa shape index (κ3) is 2.55. The first-order valence-electron chi connectivity index (χ1n) is 7.89. The molecule has 3 aromatic rings. The number of sulfone groups is 1. The minimum atomic E-state index is -3.63. The molecule has 1 aliphatic heterocycles. The zero-order valence-corrected chi connectivity index (χ0v) is 13.9. The molecular formula is C17H18N4O2S. The van der Waals surface area contributed by atoms with E-state index >= 15 is 0 Å². The molecule has 0 spiro atoms. The molecule has 7 heteroatoms. The Morgan fingerprint density at radius 2 is 1.92 bits per heavy atom. The molecule has 6 nitrogen and oxygen atoms in total. The van der Waals surface area contributed by atoms with E-state index in [4.69, 9.17) is 0 Å². The Kier molecular flexibility index (Phi) is 3.74. The maximum Gasteiger partial charge on any atom is 0.225 e. The van der Waals surface area contributed by atoms with Crippen LogP contribution in [0.4, 0.5) is 5.69 Å². The van der Waals surface area contributed by atoms with Crippen LogP contribution in [0.2, 0.25) is 0 Å². The maximum absolute atomic E-state index is 12.8. The monoisotopic (exact) mass is 342 g/mol. The summed E-state index contributed by atoms with van der Waals surface area (Å²) in [4.78, 5) is 9.64. The van der Waals surface area contributed by atoms with E-state index in [1.807, 2.05) is 18.2 Å². The summed E-state index contributed by atoms with van der Waals surface area (Å²) in [5.41, 5.74) is 1.92. The molecule has 2 aromatic heterocycles. The smallest absolute Gasteiger partial charge is 0.225 e. The van der Waals surface area contributed by atoms with Crippen LogP contribution in [0.25, 0.3) is 10.9 Å². The summed E-state index contributed by atoms with van der Waals surface area (Å²) >= 11 is 0. The number of aromatic amines is 1. The highest BCUT2D eigenvalue weighted by molar-refractivity contribution is 7.91. The lowest BCUT2D eigenvalue weighted by Gasteiger charge is -2.29. The van der Waals surface area contributed by atoms with Gasteiger partial charge in [0.15, 0.2) is 5.03 Å². The predicted octanol–water partition coefficient (Wildman–Crippen LogP) is 1.81. The van der Waals surface area contributed by atoms with Crippen LogP contribution < -0.4 is 10.2 Å². The highest BCUT2D eigenvalue weighted by Crippen LogP contribution is 2.30. The number of nitrogens with zero attached hydrogens (tertiary/aromatic N) is 2. The fraction of sp³-hybridized carbons (Fsp3) is 0.235. The number of piperazine rings is 1. The van der Waals surface area contributed by atoms with Gasteiger partial charge in [-0.3, -0.25) is 0 Å². The fourth-order valence-electron chi connectivity index (χ4n) is 3.05. The SMILES string of the molecule is O=S(=O)(c1ccccn1)c1c[nH]c2cc(N3CCNCC3)ccc12. The molecule has 3 heterocycles. The van der Waals surface area contributed by atoms with Gasteiger partial charge in [-0.15, -0.1) is 0 Å². The lowest BCUT2D eigenvalue weighted by atomic mass is 10.2. The summed E-state index contributed by atoms with van der Waals surface area (Å²) < 4.78 is 25.6. The van der Waals surface area contributed by atoms with E-state index in [1.165, 1.54) is 12.3 Å². The average Bonchev–Trinajstić information content (AvgIpc) is 3.07. The van der Waals surface area contributed by atoms with Crippen LogP contribution in [0, 0.1) is 0 Å². The maximum atomic E-state index is 12.8. The number of hydrogen-bond donors (Lipinski definition) is 2. The Morgan fingerprint density at radius 1 is 1.08 bits per heavy atom. The molecular weight excluding hydrogens is 324 g/mol. The lowest BCUT2D eigenvalue weighted by molar-refractivity contribution is 0.589. The zero-order valence-electron chi connectivity index (χ0n) is 13.1. The van der Waals surface area contributed by atoms with Crippen LogP contribution >= 0.6 is 0 Å². The Morgan fingerprint density at radius 3 is 2.67 bits per heavy atom. The Balaban J connectivity index is 1.76. The van der Waals surface area contributed by atoms with Gasteiger partial charge in [-0.1, -0.05) is 6.07 Å². The number of H-pyrrole nitrogens is 1. The molecule has 0 unspecified atom stereocenters. The number of hydrogen-bond acceptors (Lipinski definition) is 5. The Hall–Kier alpha value is -2.38. The summed E-state index contributed by atoms with van der Waals surface area (Å²) in [5.74, 6) is 0. The molecule has 1 aromatic carbocycles. The van der Waals surface area contributed by atoms with Gasteiger partial charge < -0.3 is 15.2 Å². The summed E-state index contributed by atoms with van der Waals surface area (Å²) in [6.45, 7) is 3.82. The second kappa shape index (κ2) is 5.92. The fourth-order valence-corrected chi connectivity index (χ4v) is 4.41. The van der Waals surface area contributed by atoms with Crippen molar-refractivity contribution in [3.05, 3.63) is 48.8 Å². The average molecular weight is 342 g/mol. The van der Waals surface area contributed by atoms with Crippen molar-refractivity contribution in [1.82, 2.24) is 15.3 Å². The Labute approximate surface area is 140 Å². The first kappa shape index (κ1) is 15.2. The summed E-state index contributed by atoms with van der Waals surface area (Å²) in [7, 11) is -3.63. The van der Waals surface area contributed by atoms with E-state index in [9.17, 15) is 8.42 Å².